The first-order valence-corrected chi connectivity index (χ1v) is 7.94. The van der Waals surface area contributed by atoms with Crippen molar-refractivity contribution >= 4 is 11.0 Å². The van der Waals surface area contributed by atoms with Gasteiger partial charge < -0.3 is 14.4 Å². The maximum atomic E-state index is 9.17. The monoisotopic (exact) mass is 310 g/mol. The van der Waals surface area contributed by atoms with E-state index in [0.717, 1.165) is 29.2 Å². The van der Waals surface area contributed by atoms with Gasteiger partial charge in [-0.25, -0.2) is 4.98 Å². The van der Waals surface area contributed by atoms with Crippen molar-refractivity contribution in [3.63, 3.8) is 0 Å². The number of hydrogen-bond donors (Lipinski definition) is 1. The first-order valence-electron chi connectivity index (χ1n) is 7.94. The molecule has 0 aliphatic carbocycles. The number of rotatable bonds is 6. The number of ether oxygens (including phenoxy) is 1. The van der Waals surface area contributed by atoms with Crippen LogP contribution in [0.4, 0.5) is 0 Å². The summed E-state index contributed by atoms with van der Waals surface area (Å²) in [6, 6.07) is 14.0. The highest BCUT2D eigenvalue weighted by molar-refractivity contribution is 5.78. The Morgan fingerprint density at radius 1 is 1.09 bits per heavy atom. The van der Waals surface area contributed by atoms with Crippen LogP contribution in [0.15, 0.2) is 42.5 Å². The Morgan fingerprint density at radius 2 is 1.83 bits per heavy atom. The average molecular weight is 310 g/mol. The third kappa shape index (κ3) is 3.37. The molecule has 0 aliphatic heterocycles. The third-order valence-electron chi connectivity index (χ3n) is 4.09. The zero-order valence-corrected chi connectivity index (χ0v) is 13.6. The van der Waals surface area contributed by atoms with Crippen LogP contribution < -0.4 is 4.74 Å². The van der Waals surface area contributed by atoms with Gasteiger partial charge in [-0.05, 0) is 55.7 Å². The molecular formula is C19H22N2O2. The molecule has 0 aliphatic rings. The molecule has 0 fully saturated rings. The fourth-order valence-electron chi connectivity index (χ4n) is 2.68. The molecule has 0 saturated carbocycles. The first kappa shape index (κ1) is 15.6. The highest BCUT2D eigenvalue weighted by Crippen LogP contribution is 2.22. The van der Waals surface area contributed by atoms with E-state index < -0.39 is 0 Å². The van der Waals surface area contributed by atoms with Crippen LogP contribution in [0.25, 0.3) is 11.0 Å². The molecule has 0 radical (unpaired) electrons. The lowest BCUT2D eigenvalue weighted by Crippen LogP contribution is -2.08. The second-order valence-corrected chi connectivity index (χ2v) is 5.78. The predicted octanol–water partition coefficient (Wildman–Crippen LogP) is 3.61. The van der Waals surface area contributed by atoms with E-state index in [2.05, 4.69) is 30.5 Å². The molecular weight excluding hydrogens is 288 g/mol. The standard InChI is InChI=1S/C19H22N2O2/c1-14-11-17-18(12-15(14)2)21(9-6-10-22)19(20-17)13-23-16-7-4-3-5-8-16/h3-5,7-8,11-12,22H,6,9-10,13H2,1-2H3. The van der Waals surface area contributed by atoms with E-state index in [1.165, 1.54) is 11.1 Å². The van der Waals surface area contributed by atoms with Gasteiger partial charge >= 0.3 is 0 Å². The van der Waals surface area contributed by atoms with Gasteiger partial charge in [-0.3, -0.25) is 0 Å². The molecule has 3 aromatic rings. The fraction of sp³-hybridized carbons (Fsp3) is 0.316. The van der Waals surface area contributed by atoms with Crippen molar-refractivity contribution in [3.05, 3.63) is 59.4 Å². The van der Waals surface area contributed by atoms with Gasteiger partial charge in [0.1, 0.15) is 18.2 Å². The minimum absolute atomic E-state index is 0.170. The molecule has 0 atom stereocenters. The van der Waals surface area contributed by atoms with Crippen molar-refractivity contribution in [2.45, 2.75) is 33.4 Å². The molecule has 0 bridgehead atoms. The van der Waals surface area contributed by atoms with Crippen molar-refractivity contribution < 1.29 is 9.84 Å². The maximum absolute atomic E-state index is 9.17. The summed E-state index contributed by atoms with van der Waals surface area (Å²) < 4.78 is 8.01. The minimum atomic E-state index is 0.170. The Labute approximate surface area is 136 Å². The number of benzene rings is 2. The van der Waals surface area contributed by atoms with Gasteiger partial charge in [0.15, 0.2) is 0 Å². The van der Waals surface area contributed by atoms with Gasteiger partial charge in [-0.15, -0.1) is 0 Å². The van der Waals surface area contributed by atoms with Gasteiger partial charge in [-0.2, -0.15) is 0 Å². The number of aryl methyl sites for hydroxylation is 3. The SMILES string of the molecule is Cc1cc2nc(COc3ccccc3)n(CCCO)c2cc1C. The quantitative estimate of drug-likeness (QED) is 0.756. The van der Waals surface area contributed by atoms with Crippen LogP contribution in [0.1, 0.15) is 23.4 Å². The number of aromatic nitrogens is 2. The van der Waals surface area contributed by atoms with Crippen molar-refractivity contribution in [1.82, 2.24) is 9.55 Å². The summed E-state index contributed by atoms with van der Waals surface area (Å²) in [5.74, 6) is 1.72. The predicted molar refractivity (Wildman–Crippen MR) is 91.7 cm³/mol. The summed E-state index contributed by atoms with van der Waals surface area (Å²) in [6.45, 7) is 5.54. The molecule has 0 unspecified atom stereocenters. The number of fused-ring (bicyclic) bond motifs is 1. The Morgan fingerprint density at radius 3 is 2.57 bits per heavy atom. The number of imidazole rings is 1. The Bertz CT molecular complexity index is 794. The summed E-state index contributed by atoms with van der Waals surface area (Å²) in [5.41, 5.74) is 4.57. The molecule has 1 aromatic heterocycles. The molecule has 0 saturated heterocycles. The van der Waals surface area contributed by atoms with E-state index in [-0.39, 0.29) is 6.61 Å². The van der Waals surface area contributed by atoms with E-state index in [1.807, 2.05) is 30.3 Å². The lowest BCUT2D eigenvalue weighted by molar-refractivity contribution is 0.269. The summed E-state index contributed by atoms with van der Waals surface area (Å²) in [7, 11) is 0. The molecule has 1 N–H and O–H groups in total. The first-order chi connectivity index (χ1) is 11.2. The summed E-state index contributed by atoms with van der Waals surface area (Å²) in [6.07, 6.45) is 0.705. The van der Waals surface area contributed by atoms with E-state index >= 15 is 0 Å². The molecule has 1 heterocycles. The second-order valence-electron chi connectivity index (χ2n) is 5.78. The highest BCUT2D eigenvalue weighted by atomic mass is 16.5. The Kier molecular flexibility index (Phi) is 4.63. The van der Waals surface area contributed by atoms with Crippen molar-refractivity contribution in [3.8, 4) is 5.75 Å². The smallest absolute Gasteiger partial charge is 0.147 e. The van der Waals surface area contributed by atoms with Gasteiger partial charge in [-0.1, -0.05) is 18.2 Å². The van der Waals surface area contributed by atoms with Crippen LogP contribution in [-0.2, 0) is 13.2 Å². The molecule has 0 spiro atoms. The van der Waals surface area contributed by atoms with Gasteiger partial charge in [0.05, 0.1) is 11.0 Å². The molecule has 4 nitrogen and oxygen atoms in total. The molecule has 4 heteroatoms. The molecule has 120 valence electrons. The second kappa shape index (κ2) is 6.84. The van der Waals surface area contributed by atoms with Gasteiger partial charge in [0.25, 0.3) is 0 Å². The van der Waals surface area contributed by atoms with Crippen LogP contribution in [0.2, 0.25) is 0 Å². The lowest BCUT2D eigenvalue weighted by atomic mass is 10.1. The van der Waals surface area contributed by atoms with E-state index in [0.29, 0.717) is 13.0 Å². The number of para-hydroxylation sites is 1. The van der Waals surface area contributed by atoms with Gasteiger partial charge in [0.2, 0.25) is 0 Å². The highest BCUT2D eigenvalue weighted by Gasteiger charge is 2.12. The summed E-state index contributed by atoms with van der Waals surface area (Å²) >= 11 is 0. The van der Waals surface area contributed by atoms with Crippen molar-refractivity contribution in [1.29, 1.82) is 0 Å². The van der Waals surface area contributed by atoms with Crippen molar-refractivity contribution in [2.24, 2.45) is 0 Å². The van der Waals surface area contributed by atoms with E-state index in [1.54, 1.807) is 0 Å². The molecule has 3 rings (SSSR count). The molecule has 0 amide bonds. The van der Waals surface area contributed by atoms with Crippen LogP contribution in [0, 0.1) is 13.8 Å². The number of hydrogen-bond acceptors (Lipinski definition) is 3. The number of aliphatic hydroxyl groups is 1. The zero-order chi connectivity index (χ0) is 16.2. The topological polar surface area (TPSA) is 47.3 Å². The van der Waals surface area contributed by atoms with Crippen LogP contribution in [0.3, 0.4) is 0 Å². The van der Waals surface area contributed by atoms with Crippen molar-refractivity contribution in [2.75, 3.05) is 6.61 Å². The minimum Gasteiger partial charge on any atom is -0.486 e. The zero-order valence-electron chi connectivity index (χ0n) is 13.6. The van der Waals surface area contributed by atoms with Gasteiger partial charge in [0, 0.05) is 13.2 Å². The lowest BCUT2D eigenvalue weighted by Gasteiger charge is -2.10. The van der Waals surface area contributed by atoms with E-state index in [4.69, 9.17) is 14.8 Å². The number of nitrogens with zero attached hydrogens (tertiary/aromatic N) is 2. The fourth-order valence-corrected chi connectivity index (χ4v) is 2.68. The van der Waals surface area contributed by atoms with E-state index in [9.17, 15) is 0 Å². The summed E-state index contributed by atoms with van der Waals surface area (Å²) in [5, 5.41) is 9.17. The molecule has 23 heavy (non-hydrogen) atoms. The average Bonchev–Trinajstić information content (AvgIpc) is 2.89. The Hall–Kier alpha value is -2.33. The Balaban J connectivity index is 1.94. The maximum Gasteiger partial charge on any atom is 0.147 e. The van der Waals surface area contributed by atoms with Crippen LogP contribution >= 0.6 is 0 Å². The molecule has 2 aromatic carbocycles. The van der Waals surface area contributed by atoms with Crippen LogP contribution in [0.5, 0.6) is 5.75 Å². The third-order valence-corrected chi connectivity index (χ3v) is 4.09. The normalized spacial score (nSPS) is 11.1. The largest absolute Gasteiger partial charge is 0.486 e. The summed E-state index contributed by atoms with van der Waals surface area (Å²) in [4.78, 5) is 4.74. The van der Waals surface area contributed by atoms with Crippen LogP contribution in [-0.4, -0.2) is 21.3 Å². The number of aliphatic hydroxyl groups excluding tert-OH is 1.